The average molecular weight is 1770 g/mol. The van der Waals surface area contributed by atoms with Crippen molar-refractivity contribution in [2.45, 2.75) is 231 Å². The molecule has 0 aliphatic carbocycles. The van der Waals surface area contributed by atoms with Crippen LogP contribution in [0.5, 0.6) is 5.75 Å². The Kier molecular flexibility index (Phi) is 96.8. The molecule has 4 unspecified atom stereocenters. The van der Waals surface area contributed by atoms with Crippen LogP contribution in [0.25, 0.3) is 0 Å². The highest BCUT2D eigenvalue weighted by Crippen LogP contribution is 2.41. The number of benzene rings is 11. The molecule has 0 spiro atoms. The van der Waals surface area contributed by atoms with Gasteiger partial charge in [0.25, 0.3) is 0 Å². The van der Waals surface area contributed by atoms with Crippen LogP contribution in [0.15, 0.2) is 346 Å². The van der Waals surface area contributed by atoms with Crippen molar-refractivity contribution in [3.63, 3.8) is 0 Å². The van der Waals surface area contributed by atoms with Gasteiger partial charge in [-0.3, -0.25) is 14.6 Å². The maximum atomic E-state index is 11.2. The minimum atomic E-state index is -0.633. The lowest BCUT2D eigenvalue weighted by molar-refractivity contribution is 0.0803. The van der Waals surface area contributed by atoms with Crippen molar-refractivity contribution in [2.75, 3.05) is 25.7 Å². The molecule has 1 heterocycles. The molecule has 12 aromatic rings. The highest BCUT2D eigenvalue weighted by atomic mass is 31.1. The summed E-state index contributed by atoms with van der Waals surface area (Å²) < 4.78 is 0. The molecule has 0 aliphatic heterocycles. The zero-order valence-electron chi connectivity index (χ0n) is 82.3. The third kappa shape index (κ3) is 60.1. The van der Waals surface area contributed by atoms with Crippen molar-refractivity contribution in [1.29, 1.82) is 5.26 Å². The normalized spacial score (nSPS) is 9.90. The number of aromatic nitrogens is 1. The molecule has 0 radical (unpaired) electrons. The van der Waals surface area contributed by atoms with E-state index in [1.54, 1.807) is 63.4 Å². The number of Topliss-reactive ketones (excluding diaryl/α,β-unsaturated/α-hetero) is 2. The van der Waals surface area contributed by atoms with E-state index in [9.17, 15) is 19.8 Å². The Morgan fingerprint density at radius 1 is 0.320 bits per heavy atom. The van der Waals surface area contributed by atoms with E-state index in [-0.39, 0.29) is 53.3 Å². The Morgan fingerprint density at radius 3 is 0.776 bits per heavy atom. The van der Waals surface area contributed by atoms with Gasteiger partial charge in [-0.2, -0.15) is 5.26 Å². The zero-order valence-corrected chi connectivity index (χ0v) is 85.9. The number of phenols is 1. The van der Waals surface area contributed by atoms with Crippen molar-refractivity contribution in [3.8, 4) is 11.8 Å². The number of aliphatic hydroxyl groups excluding tert-OH is 4. The summed E-state index contributed by atoms with van der Waals surface area (Å²) in [4.78, 5) is 25.6. The Morgan fingerprint density at radius 2 is 0.568 bits per heavy atom. The minimum Gasteiger partial charge on any atom is -0.507 e. The molecule has 5 N–H and O–H groups in total. The number of aliphatic hydroxyl groups is 4. The molecule has 11 aromatic carbocycles. The smallest absolute Gasteiger partial charge is 0.178 e. The summed E-state index contributed by atoms with van der Waals surface area (Å²) in [5.41, 5.74) is 3.40. The second-order valence-electron chi connectivity index (χ2n) is 23.4. The van der Waals surface area contributed by atoms with Gasteiger partial charge in [-0.15, -0.1) is 0 Å². The summed E-state index contributed by atoms with van der Waals surface area (Å²) in [7, 11) is -1.31. The molecule has 13 heteroatoms. The predicted octanol–water partition coefficient (Wildman–Crippen LogP) is 28.8. The molecule has 1 aromatic heterocycles. The van der Waals surface area contributed by atoms with E-state index in [0.29, 0.717) is 24.1 Å². The Bertz CT molecular complexity index is 3930. The number of pyridine rings is 1. The third-order valence-electron chi connectivity index (χ3n) is 15.2. The minimum absolute atomic E-state index is 0.00981. The van der Waals surface area contributed by atoms with Gasteiger partial charge in [0.05, 0.1) is 30.0 Å². The number of hydrogen-bond acceptors (Lipinski definition) is 9. The number of ketones is 2. The predicted molar refractivity (Wildman–Crippen MR) is 567 cm³/mol. The first-order chi connectivity index (χ1) is 61.0. The van der Waals surface area contributed by atoms with Gasteiger partial charge in [0.2, 0.25) is 0 Å². The lowest BCUT2D eigenvalue weighted by Gasteiger charge is -2.24. The number of nitrogens with zero attached hydrogens (tertiary/aromatic N) is 2. The van der Waals surface area contributed by atoms with Gasteiger partial charge >= 0.3 is 0 Å². The van der Waals surface area contributed by atoms with Crippen LogP contribution in [0.4, 0.5) is 0 Å². The molecule has 0 aliphatic rings. The lowest BCUT2D eigenvalue weighted by atomic mass is 9.99. The van der Waals surface area contributed by atoms with Crippen molar-refractivity contribution in [3.05, 3.63) is 374 Å². The number of rotatable bonds is 19. The fraction of sp³-hybridized carbons (Fsp3) is 0.339. The van der Waals surface area contributed by atoms with E-state index >= 15 is 0 Å². The van der Waals surface area contributed by atoms with Gasteiger partial charge in [0, 0.05) is 25.1 Å². The zero-order chi connectivity index (χ0) is 96.4. The maximum absolute atomic E-state index is 11.2. The standard InChI is InChI=1S/C26H24P2.C18H15P.C15H16O2.C10H13OP.C7H7NO.C7H5NO.C5H12O2.12C2H6/c1-5-13-23(14-6-1)27(24-15-7-2-8-16-24)21-22-28(25-17-9-3-10-18-25)26-19-11-4-12-20-26;1-4-10-16(11-5-1)19(17-12-6-2-7-13-17)18-14-8-3-9-15-18;16-14(12-7-3-1-4-8-12)11-15(17)13-9-5-2-6-10-13;1-8(11)9-6-4-5-7-10(9)12(2)3;1-6(9)7-4-2-3-5-8-7;8-5-6-3-1-2-4-7(6)9;1-4(6)3-5(2)7;12*1-2/h1-20H,21-22H2;1-15H;1-10,14-17H,11H2;4-7H,1-3H3;2-5H,1H3;1-4,9H;4-7H,3H2,1-2H3;12*1-2H3. The van der Waals surface area contributed by atoms with Crippen molar-refractivity contribution < 1.29 is 35.1 Å². The average Bonchev–Trinajstić information content (AvgIpc) is 0.819. The van der Waals surface area contributed by atoms with E-state index in [1.807, 2.05) is 257 Å². The Labute approximate surface area is 768 Å². The Hall–Kier alpha value is -9.24. The van der Waals surface area contributed by atoms with Gasteiger partial charge in [0.1, 0.15) is 17.5 Å². The van der Waals surface area contributed by atoms with E-state index in [4.69, 9.17) is 20.6 Å². The number of carbonyl (C=O) groups is 2. The van der Waals surface area contributed by atoms with Crippen molar-refractivity contribution in [1.82, 2.24) is 4.98 Å². The van der Waals surface area contributed by atoms with Crippen molar-refractivity contribution >= 4 is 85.7 Å². The van der Waals surface area contributed by atoms with Crippen LogP contribution in [0.3, 0.4) is 0 Å². The first kappa shape index (κ1) is 129. The largest absolute Gasteiger partial charge is 0.507 e. The molecule has 0 fully saturated rings. The summed E-state index contributed by atoms with van der Waals surface area (Å²) in [6.07, 6.45) is 2.79. The molecule has 125 heavy (non-hydrogen) atoms. The molecule has 12 rings (SSSR count). The van der Waals surface area contributed by atoms with Crippen LogP contribution in [0.2, 0.25) is 0 Å². The lowest BCUT2D eigenvalue weighted by Crippen LogP contribution is -2.20. The molecular weight excluding hydrogens is 1610 g/mol. The van der Waals surface area contributed by atoms with E-state index in [0.717, 1.165) is 16.7 Å². The fourth-order valence-corrected chi connectivity index (χ4v) is 19.0. The highest BCUT2D eigenvalue weighted by molar-refractivity contribution is 7.79. The maximum Gasteiger partial charge on any atom is 0.178 e. The van der Waals surface area contributed by atoms with E-state index < -0.39 is 20.1 Å². The molecule has 0 amide bonds. The SMILES string of the molecule is CC.CC.CC.CC.CC.CC.CC.CC.CC.CC.CC.CC.CC(=O)c1ccccc1P(C)C.CC(=O)c1ccccn1.CC(O)CC(C)O.N#Cc1ccccc1O.OC(CC(O)c1ccccc1)c1ccccc1.c1ccc(P(CCP(c2ccccc2)c2ccccc2)c2ccccc2)cc1.c1ccc(P(c2ccccc2)c2ccccc2)cc1. The van der Waals surface area contributed by atoms with Crippen LogP contribution < -0.4 is 42.4 Å². The van der Waals surface area contributed by atoms with Gasteiger partial charge in [0.15, 0.2) is 11.6 Å². The Balaban J connectivity index is -0.000000258. The molecule has 9 nitrogen and oxygen atoms in total. The number of phenolic OH excluding ortho intramolecular Hbond substituents is 1. The number of nitriles is 1. The van der Waals surface area contributed by atoms with Gasteiger partial charge in [-0.05, 0) is 154 Å². The second kappa shape index (κ2) is 93.9. The van der Waals surface area contributed by atoms with Crippen LogP contribution >= 0.6 is 31.7 Å². The number of hydrogen-bond donors (Lipinski definition) is 5. The second-order valence-corrected chi connectivity index (χ2v) is 32.5. The van der Waals surface area contributed by atoms with Crippen LogP contribution in [-0.4, -0.2) is 79.9 Å². The molecule has 0 saturated heterocycles. The highest BCUT2D eigenvalue weighted by Gasteiger charge is 2.20. The molecule has 0 bridgehead atoms. The first-order valence-corrected chi connectivity index (χ1v) is 52.1. The topological polar surface area (TPSA) is 172 Å². The number of aromatic hydroxyl groups is 1. The molecular formula is C112H164N2O7P4. The monoisotopic (exact) mass is 1770 g/mol. The van der Waals surface area contributed by atoms with Gasteiger partial charge < -0.3 is 25.5 Å². The molecule has 0 saturated carbocycles. The quantitative estimate of drug-likeness (QED) is 0.0390. The summed E-state index contributed by atoms with van der Waals surface area (Å²) in [5, 5.41) is 65.6. The van der Waals surface area contributed by atoms with Gasteiger partial charge in [-0.1, -0.05) is 490 Å². The van der Waals surface area contributed by atoms with Crippen LogP contribution in [0, 0.1) is 11.3 Å². The van der Waals surface area contributed by atoms with E-state index in [2.05, 4.69) is 231 Å². The first-order valence-electron chi connectivity index (χ1n) is 45.4. The van der Waals surface area contributed by atoms with Crippen LogP contribution in [-0.2, 0) is 0 Å². The fourth-order valence-electron chi connectivity index (χ4n) is 10.3. The third-order valence-corrected chi connectivity index (χ3v) is 24.4. The molecule has 4 atom stereocenters. The van der Waals surface area contributed by atoms with Crippen LogP contribution in [0.1, 0.15) is 256 Å². The number of carbonyl (C=O) groups excluding carboxylic acids is 2. The number of para-hydroxylation sites is 1. The van der Waals surface area contributed by atoms with E-state index in [1.165, 1.54) is 67.8 Å². The summed E-state index contributed by atoms with van der Waals surface area (Å²) in [6, 6.07) is 117. The van der Waals surface area contributed by atoms with Crippen molar-refractivity contribution in [2.24, 2.45) is 0 Å². The molecule has 684 valence electrons. The summed E-state index contributed by atoms with van der Waals surface area (Å²) >= 11 is 0. The summed E-state index contributed by atoms with van der Waals surface area (Å²) in [6.45, 7) is 58.8. The summed E-state index contributed by atoms with van der Waals surface area (Å²) in [5.74, 6) is 0.220. The van der Waals surface area contributed by atoms with Gasteiger partial charge in [-0.25, -0.2) is 0 Å².